The summed E-state index contributed by atoms with van der Waals surface area (Å²) >= 11 is 0. The zero-order valence-electron chi connectivity index (χ0n) is 14.7. The molecule has 0 saturated heterocycles. The predicted octanol–water partition coefficient (Wildman–Crippen LogP) is 2.03. The van der Waals surface area contributed by atoms with Gasteiger partial charge in [0.05, 0.1) is 22.3 Å². The van der Waals surface area contributed by atoms with Crippen LogP contribution in [-0.2, 0) is 18.9 Å². The van der Waals surface area contributed by atoms with Gasteiger partial charge in [0, 0.05) is 0 Å². The van der Waals surface area contributed by atoms with Crippen molar-refractivity contribution < 1.29 is 38.1 Å². The molecule has 0 radical (unpaired) electrons. The van der Waals surface area contributed by atoms with Crippen LogP contribution in [0.1, 0.15) is 41.4 Å². The van der Waals surface area contributed by atoms with Gasteiger partial charge in [-0.2, -0.15) is 0 Å². The Bertz CT molecular complexity index is 827. The van der Waals surface area contributed by atoms with E-state index in [2.05, 4.69) is 0 Å². The standard InChI is InChI=1S/2C10H8O4/c11-9-7-1-2-8(4-3-7)10(12)14-6-5-13-9;11-9-7-3-1-2-4-8(7)10(12)14-6-5-13-9/h2*1-4H,5-6H2. The molecular weight excluding hydrogens is 368 g/mol. The first kappa shape index (κ1) is 19.1. The molecule has 0 atom stereocenters. The highest BCUT2D eigenvalue weighted by atomic mass is 16.6. The minimum absolute atomic E-state index is 0.100. The highest BCUT2D eigenvalue weighted by Gasteiger charge is 2.21. The summed E-state index contributed by atoms with van der Waals surface area (Å²) < 4.78 is 19.3. The first-order valence-corrected chi connectivity index (χ1v) is 8.44. The highest BCUT2D eigenvalue weighted by molar-refractivity contribution is 6.03. The molecule has 0 aromatic heterocycles. The van der Waals surface area contributed by atoms with Crippen LogP contribution in [0.25, 0.3) is 0 Å². The molecule has 3 heterocycles. The van der Waals surface area contributed by atoms with Crippen molar-refractivity contribution in [2.45, 2.75) is 0 Å². The van der Waals surface area contributed by atoms with Gasteiger partial charge in [0.1, 0.15) is 26.4 Å². The monoisotopic (exact) mass is 384 g/mol. The fourth-order valence-electron chi connectivity index (χ4n) is 2.44. The van der Waals surface area contributed by atoms with Crippen molar-refractivity contribution in [2.24, 2.45) is 0 Å². The lowest BCUT2D eigenvalue weighted by Crippen LogP contribution is -2.21. The van der Waals surface area contributed by atoms with Crippen LogP contribution in [0.15, 0.2) is 48.5 Å². The van der Waals surface area contributed by atoms with Gasteiger partial charge in [-0.15, -0.1) is 0 Å². The van der Waals surface area contributed by atoms with Crippen molar-refractivity contribution in [3.05, 3.63) is 70.8 Å². The minimum atomic E-state index is -0.475. The molecule has 3 aliphatic heterocycles. The van der Waals surface area contributed by atoms with Crippen molar-refractivity contribution in [1.29, 1.82) is 0 Å². The van der Waals surface area contributed by atoms with Crippen LogP contribution < -0.4 is 0 Å². The van der Waals surface area contributed by atoms with E-state index >= 15 is 0 Å². The number of carbonyl (C=O) groups excluding carboxylic acids is 4. The summed E-state index contributed by atoms with van der Waals surface area (Å²) in [7, 11) is 0. The van der Waals surface area contributed by atoms with Gasteiger partial charge in [-0.05, 0) is 36.4 Å². The van der Waals surface area contributed by atoms with Gasteiger partial charge in [0.2, 0.25) is 0 Å². The van der Waals surface area contributed by atoms with E-state index in [-0.39, 0.29) is 37.6 Å². The maximum atomic E-state index is 11.4. The maximum absolute atomic E-state index is 11.4. The van der Waals surface area contributed by atoms with Gasteiger partial charge < -0.3 is 18.9 Å². The number of esters is 4. The Labute approximate surface area is 160 Å². The number of ether oxygens (including phenoxy) is 4. The second-order valence-corrected chi connectivity index (χ2v) is 5.67. The molecule has 0 N–H and O–H groups in total. The number of cyclic esters (lactones) is 2. The number of benzene rings is 2. The quantitative estimate of drug-likeness (QED) is 0.502. The number of hydrogen-bond acceptors (Lipinski definition) is 8. The van der Waals surface area contributed by atoms with E-state index in [0.717, 1.165) is 0 Å². The van der Waals surface area contributed by atoms with E-state index < -0.39 is 23.9 Å². The van der Waals surface area contributed by atoms with Gasteiger partial charge in [0.15, 0.2) is 0 Å². The Kier molecular flexibility index (Phi) is 6.01. The molecule has 3 aliphatic rings. The molecule has 0 amide bonds. The minimum Gasteiger partial charge on any atom is -0.458 e. The SMILES string of the molecule is O=C1OCCOC(=O)c2ccc1cc2.O=C1OCCOC(=O)c2ccccc21. The van der Waals surface area contributed by atoms with Gasteiger partial charge >= 0.3 is 23.9 Å². The highest BCUT2D eigenvalue weighted by Crippen LogP contribution is 2.13. The Hall–Kier alpha value is -3.68. The summed E-state index contributed by atoms with van der Waals surface area (Å²) in [6, 6.07) is 12.6. The van der Waals surface area contributed by atoms with Crippen molar-refractivity contribution in [3.63, 3.8) is 0 Å². The van der Waals surface area contributed by atoms with E-state index in [9.17, 15) is 19.2 Å². The molecule has 2 aromatic carbocycles. The Morgan fingerprint density at radius 1 is 0.464 bits per heavy atom. The van der Waals surface area contributed by atoms with Crippen LogP contribution >= 0.6 is 0 Å². The largest absolute Gasteiger partial charge is 0.458 e. The van der Waals surface area contributed by atoms with Crippen LogP contribution in [0.3, 0.4) is 0 Å². The average molecular weight is 384 g/mol. The Morgan fingerprint density at radius 3 is 1.14 bits per heavy atom. The summed E-state index contributed by atoms with van der Waals surface area (Å²) in [5.74, 6) is -1.74. The van der Waals surface area contributed by atoms with E-state index in [1.54, 1.807) is 48.5 Å². The molecule has 5 rings (SSSR count). The number of rotatable bonds is 0. The van der Waals surface area contributed by atoms with Gasteiger partial charge in [-0.3, -0.25) is 0 Å². The molecule has 144 valence electrons. The Balaban J connectivity index is 0.000000161. The van der Waals surface area contributed by atoms with Crippen LogP contribution in [0, 0.1) is 0 Å². The lowest BCUT2D eigenvalue weighted by molar-refractivity contribution is 0.0225. The van der Waals surface area contributed by atoms with Crippen molar-refractivity contribution in [3.8, 4) is 0 Å². The lowest BCUT2D eigenvalue weighted by atomic mass is 10.1. The predicted molar refractivity (Wildman–Crippen MR) is 94.0 cm³/mol. The van der Waals surface area contributed by atoms with E-state index in [1.165, 1.54) is 0 Å². The summed E-state index contributed by atoms with van der Waals surface area (Å²) in [4.78, 5) is 45.3. The second kappa shape index (κ2) is 8.81. The van der Waals surface area contributed by atoms with Crippen molar-refractivity contribution in [2.75, 3.05) is 26.4 Å². The fourth-order valence-corrected chi connectivity index (χ4v) is 2.44. The molecule has 0 fully saturated rings. The summed E-state index contributed by atoms with van der Waals surface area (Å²) in [5.41, 5.74) is 1.42. The first-order valence-electron chi connectivity index (χ1n) is 8.44. The van der Waals surface area contributed by atoms with Crippen LogP contribution in [0.4, 0.5) is 0 Å². The van der Waals surface area contributed by atoms with Crippen molar-refractivity contribution in [1.82, 2.24) is 0 Å². The topological polar surface area (TPSA) is 105 Å². The number of fused-ring (bicyclic) bond motifs is 8. The lowest BCUT2D eigenvalue weighted by Gasteiger charge is -2.13. The van der Waals surface area contributed by atoms with E-state index in [0.29, 0.717) is 11.1 Å². The molecule has 0 saturated carbocycles. The van der Waals surface area contributed by atoms with E-state index in [4.69, 9.17) is 18.9 Å². The third-order valence-corrected chi connectivity index (χ3v) is 3.82. The molecule has 28 heavy (non-hydrogen) atoms. The molecule has 8 heteroatoms. The summed E-state index contributed by atoms with van der Waals surface area (Å²) in [6.07, 6.45) is 0. The second-order valence-electron chi connectivity index (χ2n) is 5.67. The van der Waals surface area contributed by atoms with Crippen LogP contribution in [0.2, 0.25) is 0 Å². The summed E-state index contributed by atoms with van der Waals surface area (Å²) in [6.45, 7) is 0.421. The molecular formula is C20H16O8. The van der Waals surface area contributed by atoms with Crippen LogP contribution in [-0.4, -0.2) is 50.3 Å². The van der Waals surface area contributed by atoms with Gasteiger partial charge in [-0.1, -0.05) is 12.1 Å². The average Bonchev–Trinajstić information content (AvgIpc) is 2.73. The third-order valence-electron chi connectivity index (χ3n) is 3.82. The van der Waals surface area contributed by atoms with Gasteiger partial charge in [0.25, 0.3) is 0 Å². The molecule has 8 nitrogen and oxygen atoms in total. The van der Waals surface area contributed by atoms with Crippen LogP contribution in [0.5, 0.6) is 0 Å². The van der Waals surface area contributed by atoms with Crippen molar-refractivity contribution >= 4 is 23.9 Å². The molecule has 0 unspecified atom stereocenters. The first-order chi connectivity index (χ1) is 13.6. The summed E-state index contributed by atoms with van der Waals surface area (Å²) in [5, 5.41) is 0. The van der Waals surface area contributed by atoms with E-state index in [1.807, 2.05) is 0 Å². The maximum Gasteiger partial charge on any atom is 0.339 e. The zero-order valence-corrected chi connectivity index (χ0v) is 14.7. The molecule has 0 spiro atoms. The molecule has 0 aliphatic carbocycles. The molecule has 2 bridgehead atoms. The number of hydrogen-bond donors (Lipinski definition) is 0. The fraction of sp³-hybridized carbons (Fsp3) is 0.200. The molecule has 2 aromatic rings. The smallest absolute Gasteiger partial charge is 0.339 e. The number of carbonyl (C=O) groups is 4. The van der Waals surface area contributed by atoms with Gasteiger partial charge in [-0.25, -0.2) is 19.2 Å². The third kappa shape index (κ3) is 4.53. The zero-order chi connectivity index (χ0) is 19.9. The normalized spacial score (nSPS) is 16.0. The Morgan fingerprint density at radius 2 is 0.786 bits per heavy atom.